The first-order valence-corrected chi connectivity index (χ1v) is 10.0. The summed E-state index contributed by atoms with van der Waals surface area (Å²) in [5.41, 5.74) is 0.601. The lowest BCUT2D eigenvalue weighted by Gasteiger charge is -2.31. The molecule has 1 atom stereocenters. The Balaban J connectivity index is 1.65. The number of hydrogen-bond donors (Lipinski definition) is 1. The van der Waals surface area contributed by atoms with Crippen LogP contribution in [0.1, 0.15) is 32.6 Å². The number of amides is 2. The molecular weight excluding hydrogens is 328 g/mol. The third kappa shape index (κ3) is 3.72. The predicted octanol–water partition coefficient (Wildman–Crippen LogP) is 2.66. The van der Waals surface area contributed by atoms with E-state index in [-0.39, 0.29) is 17.4 Å². The maximum atomic E-state index is 12.5. The number of anilines is 1. The third-order valence-electron chi connectivity index (χ3n) is 4.70. The summed E-state index contributed by atoms with van der Waals surface area (Å²) in [7, 11) is -3.25. The molecule has 0 bridgehead atoms. The fourth-order valence-corrected chi connectivity index (χ4v) is 5.18. The number of morpholine rings is 1. The first-order valence-electron chi connectivity index (χ1n) is 8.48. The molecule has 0 spiro atoms. The molecule has 1 aromatic carbocycles. The van der Waals surface area contributed by atoms with Crippen molar-refractivity contribution in [2.45, 2.75) is 48.9 Å². The van der Waals surface area contributed by atoms with Gasteiger partial charge in [0.2, 0.25) is 0 Å². The topological polar surface area (TPSA) is 75.7 Å². The van der Waals surface area contributed by atoms with Crippen molar-refractivity contribution in [1.29, 1.82) is 0 Å². The van der Waals surface area contributed by atoms with Gasteiger partial charge in [0.1, 0.15) is 0 Å². The van der Waals surface area contributed by atoms with E-state index in [0.29, 0.717) is 30.3 Å². The van der Waals surface area contributed by atoms with Crippen LogP contribution in [0.3, 0.4) is 0 Å². The van der Waals surface area contributed by atoms with E-state index in [1.165, 1.54) is 0 Å². The van der Waals surface area contributed by atoms with Gasteiger partial charge >= 0.3 is 6.03 Å². The van der Waals surface area contributed by atoms with Crippen LogP contribution in [0.15, 0.2) is 29.2 Å². The molecule has 2 aliphatic rings. The molecule has 2 amide bonds. The molecule has 1 aromatic rings. The SMILES string of the molecule is C[C@@H]1CN(C(=O)Nc2ccc(S(=O)(=O)C3CCCC3)cc2)CCO1. The maximum Gasteiger partial charge on any atom is 0.322 e. The number of rotatable bonds is 3. The van der Waals surface area contributed by atoms with E-state index in [9.17, 15) is 13.2 Å². The summed E-state index contributed by atoms with van der Waals surface area (Å²) in [6, 6.07) is 6.31. The number of hydrogen-bond acceptors (Lipinski definition) is 4. The van der Waals surface area contributed by atoms with Crippen LogP contribution in [-0.4, -0.2) is 50.4 Å². The molecule has 1 heterocycles. The number of carbonyl (C=O) groups excluding carboxylic acids is 1. The number of urea groups is 1. The molecule has 1 saturated carbocycles. The second kappa shape index (κ2) is 7.11. The van der Waals surface area contributed by atoms with Crippen molar-refractivity contribution < 1.29 is 17.9 Å². The van der Waals surface area contributed by atoms with E-state index in [4.69, 9.17) is 4.74 Å². The predicted molar refractivity (Wildman–Crippen MR) is 91.9 cm³/mol. The van der Waals surface area contributed by atoms with Crippen LogP contribution >= 0.6 is 0 Å². The van der Waals surface area contributed by atoms with Gasteiger partial charge in [-0.3, -0.25) is 0 Å². The standard InChI is InChI=1S/C17H24N2O4S/c1-13-12-19(10-11-23-13)17(20)18-14-6-8-16(9-7-14)24(21,22)15-4-2-3-5-15/h6-9,13,15H,2-5,10-12H2,1H3,(H,18,20)/t13-/m1/s1. The molecule has 1 saturated heterocycles. The van der Waals surface area contributed by atoms with Gasteiger partial charge in [-0.25, -0.2) is 13.2 Å². The van der Waals surface area contributed by atoms with Crippen molar-refractivity contribution in [1.82, 2.24) is 4.90 Å². The van der Waals surface area contributed by atoms with Crippen molar-refractivity contribution in [2.75, 3.05) is 25.0 Å². The fraction of sp³-hybridized carbons (Fsp3) is 0.588. The smallest absolute Gasteiger partial charge is 0.322 e. The number of benzene rings is 1. The molecule has 1 aliphatic carbocycles. The Hall–Kier alpha value is -1.60. The lowest BCUT2D eigenvalue weighted by atomic mass is 10.3. The Morgan fingerprint density at radius 3 is 2.50 bits per heavy atom. The van der Waals surface area contributed by atoms with E-state index in [2.05, 4.69) is 5.32 Å². The first-order chi connectivity index (χ1) is 11.5. The monoisotopic (exact) mass is 352 g/mol. The van der Waals surface area contributed by atoms with Crippen LogP contribution in [0, 0.1) is 0 Å². The van der Waals surface area contributed by atoms with Crippen molar-refractivity contribution >= 4 is 21.6 Å². The highest BCUT2D eigenvalue weighted by molar-refractivity contribution is 7.92. The normalized spacial score (nSPS) is 22.5. The van der Waals surface area contributed by atoms with Gasteiger partial charge in [-0.2, -0.15) is 0 Å². The second-order valence-corrected chi connectivity index (χ2v) is 8.76. The molecule has 0 aromatic heterocycles. The average Bonchev–Trinajstić information content (AvgIpc) is 3.10. The summed E-state index contributed by atoms with van der Waals surface area (Å²) < 4.78 is 30.5. The van der Waals surface area contributed by atoms with Gasteiger partial charge in [0, 0.05) is 18.8 Å². The molecule has 24 heavy (non-hydrogen) atoms. The molecule has 1 aliphatic heterocycles. The summed E-state index contributed by atoms with van der Waals surface area (Å²) in [6.45, 7) is 3.58. The Morgan fingerprint density at radius 1 is 1.21 bits per heavy atom. The molecule has 0 unspecified atom stereocenters. The highest BCUT2D eigenvalue weighted by Crippen LogP contribution is 2.30. The highest BCUT2D eigenvalue weighted by Gasteiger charge is 2.30. The Kier molecular flexibility index (Phi) is 5.10. The summed E-state index contributed by atoms with van der Waals surface area (Å²) in [5.74, 6) is 0. The van der Waals surface area contributed by atoms with Gasteiger partial charge in [0.05, 0.1) is 22.9 Å². The lowest BCUT2D eigenvalue weighted by molar-refractivity contribution is -0.00138. The first kappa shape index (κ1) is 17.2. The highest BCUT2D eigenvalue weighted by atomic mass is 32.2. The molecular formula is C17H24N2O4S. The average molecular weight is 352 g/mol. The third-order valence-corrected chi connectivity index (χ3v) is 6.98. The van der Waals surface area contributed by atoms with Crippen LogP contribution in [0.2, 0.25) is 0 Å². The van der Waals surface area contributed by atoms with Crippen LogP contribution in [0.4, 0.5) is 10.5 Å². The van der Waals surface area contributed by atoms with E-state index >= 15 is 0 Å². The lowest BCUT2D eigenvalue weighted by Crippen LogP contribution is -2.46. The van der Waals surface area contributed by atoms with Crippen LogP contribution in [-0.2, 0) is 14.6 Å². The molecule has 7 heteroatoms. The van der Waals surface area contributed by atoms with Crippen molar-refractivity contribution in [3.8, 4) is 0 Å². The summed E-state index contributed by atoms with van der Waals surface area (Å²) >= 11 is 0. The minimum absolute atomic E-state index is 0.0310. The molecule has 2 fully saturated rings. The Morgan fingerprint density at radius 2 is 1.88 bits per heavy atom. The van der Waals surface area contributed by atoms with Crippen molar-refractivity contribution in [2.24, 2.45) is 0 Å². The van der Waals surface area contributed by atoms with Gasteiger partial charge in [-0.1, -0.05) is 12.8 Å². The molecule has 132 valence electrons. The summed E-state index contributed by atoms with van der Waals surface area (Å²) in [6.07, 6.45) is 3.49. The fourth-order valence-electron chi connectivity index (χ4n) is 3.32. The number of nitrogens with zero attached hydrogens (tertiary/aromatic N) is 1. The number of carbonyl (C=O) groups is 1. The minimum atomic E-state index is -3.25. The van der Waals surface area contributed by atoms with Gasteiger partial charge in [0.25, 0.3) is 0 Å². The zero-order chi connectivity index (χ0) is 17.2. The van der Waals surface area contributed by atoms with Crippen molar-refractivity contribution in [3.63, 3.8) is 0 Å². The van der Waals surface area contributed by atoms with E-state index in [1.54, 1.807) is 29.2 Å². The van der Waals surface area contributed by atoms with E-state index in [0.717, 1.165) is 25.7 Å². The van der Waals surface area contributed by atoms with Crippen molar-refractivity contribution in [3.05, 3.63) is 24.3 Å². The quantitative estimate of drug-likeness (QED) is 0.907. The zero-order valence-corrected chi connectivity index (χ0v) is 14.7. The van der Waals surface area contributed by atoms with Crippen LogP contribution in [0.25, 0.3) is 0 Å². The second-order valence-electron chi connectivity index (χ2n) is 6.53. The minimum Gasteiger partial charge on any atom is -0.375 e. The maximum absolute atomic E-state index is 12.5. The number of sulfone groups is 1. The molecule has 1 N–H and O–H groups in total. The molecule has 3 rings (SSSR count). The zero-order valence-electron chi connectivity index (χ0n) is 13.9. The number of nitrogens with one attached hydrogen (secondary N) is 1. The number of ether oxygens (including phenoxy) is 1. The van der Waals surface area contributed by atoms with E-state index < -0.39 is 9.84 Å². The Bertz CT molecular complexity index is 681. The van der Waals surface area contributed by atoms with Gasteiger partial charge in [0.15, 0.2) is 9.84 Å². The van der Waals surface area contributed by atoms with Gasteiger partial charge in [-0.05, 0) is 44.0 Å². The molecule has 6 nitrogen and oxygen atoms in total. The Labute approximate surface area is 143 Å². The van der Waals surface area contributed by atoms with Gasteiger partial charge < -0.3 is 15.0 Å². The molecule has 0 radical (unpaired) electrons. The summed E-state index contributed by atoms with van der Waals surface area (Å²) in [4.78, 5) is 14.3. The van der Waals surface area contributed by atoms with Crippen LogP contribution in [0.5, 0.6) is 0 Å². The van der Waals surface area contributed by atoms with E-state index in [1.807, 2.05) is 6.92 Å². The van der Waals surface area contributed by atoms with Gasteiger partial charge in [-0.15, -0.1) is 0 Å². The summed E-state index contributed by atoms with van der Waals surface area (Å²) in [5, 5.41) is 2.56. The van der Waals surface area contributed by atoms with Crippen LogP contribution < -0.4 is 5.32 Å². The largest absolute Gasteiger partial charge is 0.375 e.